The van der Waals surface area contributed by atoms with E-state index in [1.54, 1.807) is 5.01 Å². The first-order valence-electron chi connectivity index (χ1n) is 4.88. The molecule has 0 atom stereocenters. The molecular formula is C9H18N2O. The van der Waals surface area contributed by atoms with Crippen molar-refractivity contribution in [2.75, 3.05) is 13.1 Å². The van der Waals surface area contributed by atoms with Crippen LogP contribution in [-0.4, -0.2) is 24.0 Å². The molecular weight excluding hydrogens is 152 g/mol. The molecule has 0 unspecified atom stereocenters. The van der Waals surface area contributed by atoms with E-state index in [1.165, 1.54) is 12.8 Å². The Morgan fingerprint density at radius 2 is 2.33 bits per heavy atom. The van der Waals surface area contributed by atoms with Gasteiger partial charge in [-0.1, -0.05) is 19.8 Å². The van der Waals surface area contributed by atoms with Crippen molar-refractivity contribution in [3.05, 3.63) is 0 Å². The average Bonchev–Trinajstić information content (AvgIpc) is 2.09. The van der Waals surface area contributed by atoms with Crippen LogP contribution in [0.2, 0.25) is 0 Å². The van der Waals surface area contributed by atoms with Crippen molar-refractivity contribution in [3.8, 4) is 0 Å². The zero-order valence-electron chi connectivity index (χ0n) is 7.81. The molecule has 0 spiro atoms. The van der Waals surface area contributed by atoms with Crippen LogP contribution in [0.15, 0.2) is 0 Å². The summed E-state index contributed by atoms with van der Waals surface area (Å²) >= 11 is 0. The second kappa shape index (κ2) is 5.14. The van der Waals surface area contributed by atoms with Crippen molar-refractivity contribution in [2.45, 2.75) is 39.0 Å². The van der Waals surface area contributed by atoms with E-state index in [-0.39, 0.29) is 5.91 Å². The maximum absolute atomic E-state index is 11.3. The Bertz CT molecular complexity index is 147. The summed E-state index contributed by atoms with van der Waals surface area (Å²) in [7, 11) is 0. The normalized spacial score (nSPS) is 18.4. The maximum atomic E-state index is 11.3. The van der Waals surface area contributed by atoms with Gasteiger partial charge >= 0.3 is 0 Å². The highest BCUT2D eigenvalue weighted by atomic mass is 16.2. The fourth-order valence-electron chi connectivity index (χ4n) is 1.40. The third kappa shape index (κ3) is 2.81. The van der Waals surface area contributed by atoms with Gasteiger partial charge in [0.2, 0.25) is 5.91 Å². The van der Waals surface area contributed by atoms with Crippen LogP contribution in [0, 0.1) is 0 Å². The predicted octanol–water partition coefficient (Wildman–Crippen LogP) is 1.30. The van der Waals surface area contributed by atoms with Crippen LogP contribution in [0.25, 0.3) is 0 Å². The Morgan fingerprint density at radius 3 is 3.00 bits per heavy atom. The molecule has 0 radical (unpaired) electrons. The molecule has 3 heteroatoms. The molecule has 0 aromatic carbocycles. The highest BCUT2D eigenvalue weighted by Crippen LogP contribution is 2.04. The van der Waals surface area contributed by atoms with E-state index in [9.17, 15) is 4.79 Å². The van der Waals surface area contributed by atoms with Gasteiger partial charge in [0.05, 0.1) is 0 Å². The van der Waals surface area contributed by atoms with Gasteiger partial charge in [0.15, 0.2) is 0 Å². The lowest BCUT2D eigenvalue weighted by Gasteiger charge is -2.27. The number of carbonyl (C=O) groups excluding carboxylic acids is 1. The van der Waals surface area contributed by atoms with Crippen LogP contribution in [0.5, 0.6) is 0 Å². The lowest BCUT2D eigenvalue weighted by Crippen LogP contribution is -2.47. The molecule has 1 heterocycles. The van der Waals surface area contributed by atoms with Gasteiger partial charge in [-0.3, -0.25) is 9.80 Å². The first kappa shape index (κ1) is 9.52. The summed E-state index contributed by atoms with van der Waals surface area (Å²) in [5.74, 6) is 0.261. The van der Waals surface area contributed by atoms with Crippen LogP contribution in [0.1, 0.15) is 39.0 Å². The summed E-state index contributed by atoms with van der Waals surface area (Å²) in [4.78, 5) is 11.3. The van der Waals surface area contributed by atoms with E-state index in [0.717, 1.165) is 32.4 Å². The number of hydrogen-bond donors (Lipinski definition) is 1. The van der Waals surface area contributed by atoms with Gasteiger partial charge in [0.1, 0.15) is 0 Å². The number of hydrogen-bond acceptors (Lipinski definition) is 2. The maximum Gasteiger partial charge on any atom is 0.236 e. The average molecular weight is 170 g/mol. The highest BCUT2D eigenvalue weighted by Gasteiger charge is 2.16. The number of unbranched alkanes of at least 4 members (excludes halogenated alkanes) is 2. The van der Waals surface area contributed by atoms with Crippen molar-refractivity contribution >= 4 is 5.91 Å². The largest absolute Gasteiger partial charge is 0.278 e. The fourth-order valence-corrected chi connectivity index (χ4v) is 1.40. The third-order valence-corrected chi connectivity index (χ3v) is 2.16. The quantitative estimate of drug-likeness (QED) is 0.645. The van der Waals surface area contributed by atoms with Crippen LogP contribution in [-0.2, 0) is 4.79 Å². The Labute approximate surface area is 74.1 Å². The van der Waals surface area contributed by atoms with E-state index in [0.29, 0.717) is 0 Å². The van der Waals surface area contributed by atoms with Gasteiger partial charge in [-0.2, -0.15) is 0 Å². The minimum absolute atomic E-state index is 0.261. The van der Waals surface area contributed by atoms with Crippen LogP contribution in [0.3, 0.4) is 0 Å². The van der Waals surface area contributed by atoms with E-state index in [4.69, 9.17) is 0 Å². The molecule has 1 amide bonds. The van der Waals surface area contributed by atoms with Crippen molar-refractivity contribution in [2.24, 2.45) is 0 Å². The smallest absolute Gasteiger partial charge is 0.236 e. The molecule has 0 saturated carbocycles. The zero-order valence-corrected chi connectivity index (χ0v) is 7.81. The van der Waals surface area contributed by atoms with Crippen molar-refractivity contribution < 1.29 is 4.79 Å². The second-order valence-electron chi connectivity index (χ2n) is 3.26. The Hall–Kier alpha value is -0.570. The number of nitrogens with zero attached hydrogens (tertiary/aromatic N) is 1. The third-order valence-electron chi connectivity index (χ3n) is 2.16. The van der Waals surface area contributed by atoms with Crippen molar-refractivity contribution in [3.63, 3.8) is 0 Å². The van der Waals surface area contributed by atoms with Gasteiger partial charge in [-0.05, 0) is 12.8 Å². The number of rotatable bonds is 4. The molecule has 1 saturated heterocycles. The molecule has 0 bridgehead atoms. The van der Waals surface area contributed by atoms with E-state index in [2.05, 4.69) is 12.3 Å². The minimum Gasteiger partial charge on any atom is -0.278 e. The van der Waals surface area contributed by atoms with E-state index < -0.39 is 0 Å². The molecule has 3 nitrogen and oxygen atoms in total. The summed E-state index contributed by atoms with van der Waals surface area (Å²) in [6.45, 7) is 4.01. The van der Waals surface area contributed by atoms with Crippen molar-refractivity contribution in [1.29, 1.82) is 0 Å². The lowest BCUT2D eigenvalue weighted by molar-refractivity contribution is -0.136. The Kier molecular flexibility index (Phi) is 4.08. The zero-order chi connectivity index (χ0) is 8.81. The molecule has 1 N–H and O–H groups in total. The number of carbonyl (C=O) groups is 1. The lowest BCUT2D eigenvalue weighted by atomic mass is 10.2. The molecule has 12 heavy (non-hydrogen) atoms. The highest BCUT2D eigenvalue weighted by molar-refractivity contribution is 5.76. The van der Waals surface area contributed by atoms with E-state index in [1.807, 2.05) is 0 Å². The first-order valence-corrected chi connectivity index (χ1v) is 4.88. The van der Waals surface area contributed by atoms with Crippen LogP contribution < -0.4 is 5.43 Å². The SMILES string of the molecule is CCCCCN1NCCCC1=O. The molecule has 0 aromatic heterocycles. The first-order chi connectivity index (χ1) is 5.84. The van der Waals surface area contributed by atoms with Crippen molar-refractivity contribution in [1.82, 2.24) is 10.4 Å². The molecule has 1 fully saturated rings. The number of hydrazine groups is 1. The van der Waals surface area contributed by atoms with Crippen LogP contribution >= 0.6 is 0 Å². The van der Waals surface area contributed by atoms with Gasteiger partial charge in [-0.25, -0.2) is 5.43 Å². The molecule has 1 aliphatic heterocycles. The molecule has 70 valence electrons. The standard InChI is InChI=1S/C9H18N2O/c1-2-3-4-8-11-9(12)6-5-7-10-11/h10H,2-8H2,1H3. The summed E-state index contributed by atoms with van der Waals surface area (Å²) < 4.78 is 0. The van der Waals surface area contributed by atoms with Gasteiger partial charge in [-0.15, -0.1) is 0 Å². The monoisotopic (exact) mass is 170 g/mol. The summed E-state index contributed by atoms with van der Waals surface area (Å²) in [6, 6.07) is 0. The summed E-state index contributed by atoms with van der Waals surface area (Å²) in [5, 5.41) is 1.78. The van der Waals surface area contributed by atoms with Crippen LogP contribution in [0.4, 0.5) is 0 Å². The number of amides is 1. The fraction of sp³-hybridized carbons (Fsp3) is 0.889. The van der Waals surface area contributed by atoms with Gasteiger partial charge in [0, 0.05) is 19.5 Å². The number of nitrogens with one attached hydrogen (secondary N) is 1. The molecule has 0 aliphatic carbocycles. The van der Waals surface area contributed by atoms with Gasteiger partial charge in [0.25, 0.3) is 0 Å². The summed E-state index contributed by atoms with van der Waals surface area (Å²) in [5.41, 5.74) is 3.11. The molecule has 1 aliphatic rings. The topological polar surface area (TPSA) is 32.3 Å². The predicted molar refractivity (Wildman–Crippen MR) is 48.5 cm³/mol. The minimum atomic E-state index is 0.261. The molecule has 0 aromatic rings. The Morgan fingerprint density at radius 1 is 1.50 bits per heavy atom. The summed E-state index contributed by atoms with van der Waals surface area (Å²) in [6.07, 6.45) is 5.25. The second-order valence-corrected chi connectivity index (χ2v) is 3.26. The van der Waals surface area contributed by atoms with E-state index >= 15 is 0 Å². The Balaban J connectivity index is 2.16. The van der Waals surface area contributed by atoms with Gasteiger partial charge < -0.3 is 0 Å². The molecule has 1 rings (SSSR count).